The van der Waals surface area contributed by atoms with E-state index >= 15 is 0 Å². The fraction of sp³-hybridized carbons (Fsp3) is 0.714. The Morgan fingerprint density at radius 3 is 2.69 bits per heavy atom. The highest BCUT2D eigenvalue weighted by atomic mass is 16.4. The van der Waals surface area contributed by atoms with Gasteiger partial charge in [-0.15, -0.1) is 0 Å². The standard InChI is InChI=1S/C7H16N4O2/c1-11(2)7(12)5-9-4-3-6(8)10-13/h9,13H,3-5H2,1-2H3,(H2,8,10). The van der Waals surface area contributed by atoms with Crippen molar-refractivity contribution in [2.24, 2.45) is 10.9 Å². The summed E-state index contributed by atoms with van der Waals surface area (Å²) in [5.74, 6) is 0.157. The molecule has 4 N–H and O–H groups in total. The van der Waals surface area contributed by atoms with E-state index in [1.54, 1.807) is 14.1 Å². The van der Waals surface area contributed by atoms with E-state index in [1.807, 2.05) is 0 Å². The molecule has 0 aromatic rings. The van der Waals surface area contributed by atoms with E-state index in [0.717, 1.165) is 0 Å². The van der Waals surface area contributed by atoms with Crippen molar-refractivity contribution in [3.63, 3.8) is 0 Å². The molecule has 0 aliphatic rings. The van der Waals surface area contributed by atoms with Gasteiger partial charge in [-0.05, 0) is 0 Å². The van der Waals surface area contributed by atoms with Gasteiger partial charge in [0.25, 0.3) is 0 Å². The molecule has 0 radical (unpaired) electrons. The van der Waals surface area contributed by atoms with Gasteiger partial charge in [0.05, 0.1) is 6.54 Å². The summed E-state index contributed by atoms with van der Waals surface area (Å²) >= 11 is 0. The van der Waals surface area contributed by atoms with Gasteiger partial charge >= 0.3 is 0 Å². The third-order valence-corrected chi connectivity index (χ3v) is 1.46. The molecule has 6 nitrogen and oxygen atoms in total. The van der Waals surface area contributed by atoms with Gasteiger partial charge in [-0.3, -0.25) is 4.79 Å². The van der Waals surface area contributed by atoms with Gasteiger partial charge in [-0.2, -0.15) is 0 Å². The number of nitrogens with two attached hydrogens (primary N) is 1. The molecule has 0 saturated carbocycles. The number of likely N-dealkylation sites (N-methyl/N-ethyl adjacent to an activating group) is 1. The fourth-order valence-electron chi connectivity index (χ4n) is 0.620. The second-order valence-corrected chi connectivity index (χ2v) is 2.81. The first-order valence-electron chi connectivity index (χ1n) is 3.95. The molecule has 0 rings (SSSR count). The average molecular weight is 188 g/mol. The van der Waals surface area contributed by atoms with E-state index in [0.29, 0.717) is 13.0 Å². The number of hydrogen-bond acceptors (Lipinski definition) is 4. The van der Waals surface area contributed by atoms with Gasteiger partial charge < -0.3 is 21.2 Å². The predicted molar refractivity (Wildman–Crippen MR) is 49.6 cm³/mol. The Morgan fingerprint density at radius 2 is 2.23 bits per heavy atom. The molecule has 0 aromatic heterocycles. The highest BCUT2D eigenvalue weighted by molar-refractivity contribution is 5.80. The molecule has 76 valence electrons. The predicted octanol–water partition coefficient (Wildman–Crippen LogP) is -1.20. The maximum atomic E-state index is 11.0. The topological polar surface area (TPSA) is 91.0 Å². The Kier molecular flexibility index (Phi) is 5.62. The minimum Gasteiger partial charge on any atom is -0.409 e. The number of rotatable bonds is 5. The third-order valence-electron chi connectivity index (χ3n) is 1.46. The highest BCUT2D eigenvalue weighted by Gasteiger charge is 2.01. The minimum atomic E-state index is -0.000455. The fourth-order valence-corrected chi connectivity index (χ4v) is 0.620. The lowest BCUT2D eigenvalue weighted by atomic mass is 10.4. The first-order valence-corrected chi connectivity index (χ1v) is 3.95. The number of nitrogens with zero attached hydrogens (tertiary/aromatic N) is 2. The van der Waals surface area contributed by atoms with Gasteiger partial charge in [-0.1, -0.05) is 5.16 Å². The van der Waals surface area contributed by atoms with Crippen LogP contribution in [0.15, 0.2) is 5.16 Å². The molecule has 0 aliphatic carbocycles. The summed E-state index contributed by atoms with van der Waals surface area (Å²) in [6, 6.07) is 0. The molecule has 13 heavy (non-hydrogen) atoms. The van der Waals surface area contributed by atoms with Gasteiger partial charge in [-0.25, -0.2) is 0 Å². The van der Waals surface area contributed by atoms with Crippen molar-refractivity contribution in [2.75, 3.05) is 27.2 Å². The Bertz CT molecular complexity index is 191. The van der Waals surface area contributed by atoms with Crippen molar-refractivity contribution in [3.05, 3.63) is 0 Å². The first kappa shape index (κ1) is 11.7. The molecule has 0 heterocycles. The van der Waals surface area contributed by atoms with Crippen LogP contribution in [0.1, 0.15) is 6.42 Å². The van der Waals surface area contributed by atoms with E-state index < -0.39 is 0 Å². The number of hydrogen-bond donors (Lipinski definition) is 3. The van der Waals surface area contributed by atoms with E-state index in [2.05, 4.69) is 10.5 Å². The maximum absolute atomic E-state index is 11.0. The van der Waals surface area contributed by atoms with Crippen LogP contribution in [0.5, 0.6) is 0 Å². The van der Waals surface area contributed by atoms with Crippen molar-refractivity contribution in [3.8, 4) is 0 Å². The number of amides is 1. The SMILES string of the molecule is CN(C)C(=O)CNCCC(N)=NO. The summed E-state index contributed by atoms with van der Waals surface area (Å²) in [6.07, 6.45) is 0.428. The van der Waals surface area contributed by atoms with Crippen LogP contribution in [-0.4, -0.2) is 49.0 Å². The molecular weight excluding hydrogens is 172 g/mol. The van der Waals surface area contributed by atoms with Crippen LogP contribution in [0.3, 0.4) is 0 Å². The quantitative estimate of drug-likeness (QED) is 0.166. The van der Waals surface area contributed by atoms with Gasteiger partial charge in [0, 0.05) is 27.1 Å². The third kappa shape index (κ3) is 5.92. The zero-order valence-corrected chi connectivity index (χ0v) is 7.95. The van der Waals surface area contributed by atoms with Crippen LogP contribution >= 0.6 is 0 Å². The zero-order valence-electron chi connectivity index (χ0n) is 7.95. The summed E-state index contributed by atoms with van der Waals surface area (Å²) in [7, 11) is 3.38. The van der Waals surface area contributed by atoms with E-state index in [9.17, 15) is 4.79 Å². The number of carbonyl (C=O) groups excluding carboxylic acids is 1. The van der Waals surface area contributed by atoms with Crippen molar-refractivity contribution in [1.29, 1.82) is 0 Å². The largest absolute Gasteiger partial charge is 0.409 e. The lowest BCUT2D eigenvalue weighted by molar-refractivity contribution is -0.127. The lowest BCUT2D eigenvalue weighted by Crippen LogP contribution is -2.34. The Morgan fingerprint density at radius 1 is 1.62 bits per heavy atom. The van der Waals surface area contributed by atoms with Crippen molar-refractivity contribution >= 4 is 11.7 Å². The molecule has 0 aromatic carbocycles. The summed E-state index contributed by atoms with van der Waals surface area (Å²) in [4.78, 5) is 12.5. The molecule has 0 bridgehead atoms. The summed E-state index contributed by atoms with van der Waals surface area (Å²) < 4.78 is 0. The molecule has 0 aliphatic heterocycles. The van der Waals surface area contributed by atoms with Gasteiger partial charge in [0.2, 0.25) is 5.91 Å². The maximum Gasteiger partial charge on any atom is 0.236 e. The summed E-state index contributed by atoms with van der Waals surface area (Å²) in [5.41, 5.74) is 5.21. The number of nitrogens with one attached hydrogen (secondary N) is 1. The second-order valence-electron chi connectivity index (χ2n) is 2.81. The normalized spacial score (nSPS) is 11.4. The second kappa shape index (κ2) is 6.24. The smallest absolute Gasteiger partial charge is 0.236 e. The van der Waals surface area contributed by atoms with Crippen molar-refractivity contribution < 1.29 is 10.0 Å². The minimum absolute atomic E-state index is 0.000455. The van der Waals surface area contributed by atoms with Crippen LogP contribution in [0.25, 0.3) is 0 Å². The van der Waals surface area contributed by atoms with Crippen LogP contribution in [-0.2, 0) is 4.79 Å². The highest BCUT2D eigenvalue weighted by Crippen LogP contribution is 1.78. The molecule has 0 spiro atoms. The van der Waals surface area contributed by atoms with Crippen molar-refractivity contribution in [1.82, 2.24) is 10.2 Å². The van der Waals surface area contributed by atoms with E-state index in [-0.39, 0.29) is 18.3 Å². The molecule has 0 atom stereocenters. The van der Waals surface area contributed by atoms with Gasteiger partial charge in [0.15, 0.2) is 0 Å². The van der Waals surface area contributed by atoms with Crippen LogP contribution < -0.4 is 11.1 Å². The molecule has 6 heteroatoms. The zero-order chi connectivity index (χ0) is 10.3. The number of oxime groups is 1. The Hall–Kier alpha value is -1.30. The summed E-state index contributed by atoms with van der Waals surface area (Å²) in [6.45, 7) is 0.793. The van der Waals surface area contributed by atoms with E-state index in [1.165, 1.54) is 4.90 Å². The molecular formula is C7H16N4O2. The van der Waals surface area contributed by atoms with Crippen LogP contribution in [0, 0.1) is 0 Å². The van der Waals surface area contributed by atoms with Crippen molar-refractivity contribution in [2.45, 2.75) is 6.42 Å². The Balaban J connectivity index is 3.41. The first-order chi connectivity index (χ1) is 6.07. The number of carbonyl (C=O) groups is 1. The molecule has 0 fully saturated rings. The number of amidine groups is 1. The van der Waals surface area contributed by atoms with Crippen LogP contribution in [0.4, 0.5) is 0 Å². The van der Waals surface area contributed by atoms with Crippen LogP contribution in [0.2, 0.25) is 0 Å². The molecule has 1 amide bonds. The molecule has 0 unspecified atom stereocenters. The molecule has 0 saturated heterocycles. The lowest BCUT2D eigenvalue weighted by Gasteiger charge is -2.10. The summed E-state index contributed by atoms with van der Waals surface area (Å²) in [5, 5.41) is 13.9. The average Bonchev–Trinajstić information content (AvgIpc) is 2.11. The van der Waals surface area contributed by atoms with E-state index in [4.69, 9.17) is 10.9 Å². The Labute approximate surface area is 77.4 Å². The monoisotopic (exact) mass is 188 g/mol. The van der Waals surface area contributed by atoms with Gasteiger partial charge in [0.1, 0.15) is 5.84 Å².